The van der Waals surface area contributed by atoms with E-state index in [9.17, 15) is 18.0 Å². The van der Waals surface area contributed by atoms with E-state index in [-0.39, 0.29) is 35.8 Å². The van der Waals surface area contributed by atoms with Gasteiger partial charge in [-0.1, -0.05) is 30.3 Å². The number of sulfonamides is 1. The Bertz CT molecular complexity index is 1030. The molecule has 1 saturated heterocycles. The summed E-state index contributed by atoms with van der Waals surface area (Å²) in [5, 5.41) is 0. The predicted molar refractivity (Wildman–Crippen MR) is 116 cm³/mol. The summed E-state index contributed by atoms with van der Waals surface area (Å²) in [6, 6.07) is 13.8. The first-order valence-electron chi connectivity index (χ1n) is 10.1. The van der Waals surface area contributed by atoms with Gasteiger partial charge in [0.2, 0.25) is 15.9 Å². The number of nitrogens with two attached hydrogens (primary N) is 1. The van der Waals surface area contributed by atoms with Gasteiger partial charge in [-0.3, -0.25) is 9.59 Å². The molecule has 1 heterocycles. The standard InChI is InChI=1S/C22H27N3O5S/c1-16-13-19(31(28,29)24-14-17-5-3-2-4-6-17)7-8-20(16)30-15-21(26)25-11-9-18(10-12-25)22(23)27/h2-8,13,18,24H,9-12,14-15H2,1H3,(H2,23,27). The first kappa shape index (κ1) is 22.8. The Balaban J connectivity index is 1.55. The summed E-state index contributed by atoms with van der Waals surface area (Å²) in [5.41, 5.74) is 6.79. The van der Waals surface area contributed by atoms with Gasteiger partial charge in [0.1, 0.15) is 5.75 Å². The summed E-state index contributed by atoms with van der Waals surface area (Å²) in [7, 11) is -3.68. The molecule has 0 saturated carbocycles. The molecule has 9 heteroatoms. The van der Waals surface area contributed by atoms with E-state index in [1.807, 2.05) is 30.3 Å². The number of hydrogen-bond acceptors (Lipinski definition) is 5. The maximum absolute atomic E-state index is 12.6. The highest BCUT2D eigenvalue weighted by molar-refractivity contribution is 7.89. The average molecular weight is 446 g/mol. The van der Waals surface area contributed by atoms with Crippen LogP contribution in [0.2, 0.25) is 0 Å². The number of nitrogens with zero attached hydrogens (tertiary/aromatic N) is 1. The predicted octanol–water partition coefficient (Wildman–Crippen LogP) is 1.58. The molecule has 0 bridgehead atoms. The van der Waals surface area contributed by atoms with Crippen LogP contribution in [0.3, 0.4) is 0 Å². The van der Waals surface area contributed by atoms with Gasteiger partial charge in [0.25, 0.3) is 5.91 Å². The molecular formula is C22H27N3O5S. The Morgan fingerprint density at radius 1 is 1.13 bits per heavy atom. The van der Waals surface area contributed by atoms with E-state index < -0.39 is 10.0 Å². The van der Waals surface area contributed by atoms with Crippen molar-refractivity contribution in [2.45, 2.75) is 31.2 Å². The number of rotatable bonds is 8. The first-order valence-corrected chi connectivity index (χ1v) is 11.6. The fourth-order valence-corrected chi connectivity index (χ4v) is 4.56. The van der Waals surface area contributed by atoms with E-state index >= 15 is 0 Å². The highest BCUT2D eigenvalue weighted by Gasteiger charge is 2.26. The van der Waals surface area contributed by atoms with Gasteiger partial charge in [0, 0.05) is 25.6 Å². The monoisotopic (exact) mass is 445 g/mol. The summed E-state index contributed by atoms with van der Waals surface area (Å²) in [6.45, 7) is 2.72. The Morgan fingerprint density at radius 3 is 2.42 bits per heavy atom. The molecule has 1 fully saturated rings. The molecule has 3 N–H and O–H groups in total. The molecule has 2 amide bonds. The summed E-state index contributed by atoms with van der Waals surface area (Å²) < 4.78 is 33.3. The number of benzene rings is 2. The minimum absolute atomic E-state index is 0.133. The lowest BCUT2D eigenvalue weighted by Gasteiger charge is -2.30. The van der Waals surface area contributed by atoms with Crippen molar-refractivity contribution in [2.24, 2.45) is 11.7 Å². The van der Waals surface area contributed by atoms with Gasteiger partial charge < -0.3 is 15.4 Å². The van der Waals surface area contributed by atoms with Crippen LogP contribution in [0.25, 0.3) is 0 Å². The molecule has 8 nitrogen and oxygen atoms in total. The zero-order valence-electron chi connectivity index (χ0n) is 17.4. The van der Waals surface area contributed by atoms with Gasteiger partial charge in [-0.05, 0) is 49.1 Å². The lowest BCUT2D eigenvalue weighted by molar-refractivity contribution is -0.136. The smallest absolute Gasteiger partial charge is 0.260 e. The van der Waals surface area contributed by atoms with Crippen molar-refractivity contribution in [1.82, 2.24) is 9.62 Å². The van der Waals surface area contributed by atoms with Gasteiger partial charge in [0.15, 0.2) is 6.61 Å². The van der Waals surface area contributed by atoms with Crippen LogP contribution in [-0.4, -0.2) is 44.8 Å². The maximum Gasteiger partial charge on any atom is 0.260 e. The molecule has 0 aromatic heterocycles. The van der Waals surface area contributed by atoms with Crippen LogP contribution in [0, 0.1) is 12.8 Å². The zero-order valence-corrected chi connectivity index (χ0v) is 18.2. The van der Waals surface area contributed by atoms with Crippen LogP contribution in [-0.2, 0) is 26.2 Å². The molecule has 0 unspecified atom stereocenters. The quantitative estimate of drug-likeness (QED) is 0.639. The highest BCUT2D eigenvalue weighted by Crippen LogP contribution is 2.23. The third-order valence-corrected chi connectivity index (χ3v) is 6.77. The van der Waals surface area contributed by atoms with Crippen molar-refractivity contribution in [3.63, 3.8) is 0 Å². The maximum atomic E-state index is 12.6. The Hall–Kier alpha value is -2.91. The van der Waals surface area contributed by atoms with Gasteiger partial charge in [-0.15, -0.1) is 0 Å². The van der Waals surface area contributed by atoms with Crippen LogP contribution in [0.15, 0.2) is 53.4 Å². The minimum Gasteiger partial charge on any atom is -0.483 e. The number of nitrogens with one attached hydrogen (secondary N) is 1. The fourth-order valence-electron chi connectivity index (χ4n) is 3.45. The second-order valence-electron chi connectivity index (χ2n) is 7.58. The second kappa shape index (κ2) is 9.93. The van der Waals surface area contributed by atoms with E-state index in [0.717, 1.165) is 5.56 Å². The number of hydrogen-bond donors (Lipinski definition) is 2. The summed E-state index contributed by atoms with van der Waals surface area (Å²) in [4.78, 5) is 25.4. The molecule has 1 aliphatic heterocycles. The topological polar surface area (TPSA) is 119 Å². The number of carbonyl (C=O) groups is 2. The van der Waals surface area contributed by atoms with E-state index in [2.05, 4.69) is 4.72 Å². The summed E-state index contributed by atoms with van der Waals surface area (Å²) in [5.74, 6) is -0.240. The van der Waals surface area contributed by atoms with Crippen molar-refractivity contribution in [2.75, 3.05) is 19.7 Å². The first-order chi connectivity index (χ1) is 14.8. The van der Waals surface area contributed by atoms with Crippen LogP contribution < -0.4 is 15.2 Å². The summed E-state index contributed by atoms with van der Waals surface area (Å²) >= 11 is 0. The fraction of sp³-hybridized carbons (Fsp3) is 0.364. The number of likely N-dealkylation sites (tertiary alicyclic amines) is 1. The average Bonchev–Trinajstić information content (AvgIpc) is 2.77. The molecule has 0 radical (unpaired) electrons. The molecular weight excluding hydrogens is 418 g/mol. The molecule has 2 aromatic rings. The number of ether oxygens (including phenoxy) is 1. The van der Waals surface area contributed by atoms with Crippen LogP contribution >= 0.6 is 0 Å². The molecule has 1 aliphatic rings. The largest absolute Gasteiger partial charge is 0.483 e. The van der Waals surface area contributed by atoms with Gasteiger partial charge in [0.05, 0.1) is 4.90 Å². The zero-order chi connectivity index (χ0) is 22.4. The van der Waals surface area contributed by atoms with Crippen molar-refractivity contribution in [1.29, 1.82) is 0 Å². The lowest BCUT2D eigenvalue weighted by atomic mass is 9.96. The Labute approximate surface area is 182 Å². The summed E-state index contributed by atoms with van der Waals surface area (Å²) in [6.07, 6.45) is 1.12. The van der Waals surface area contributed by atoms with E-state index in [4.69, 9.17) is 10.5 Å². The third-order valence-electron chi connectivity index (χ3n) is 5.37. The van der Waals surface area contributed by atoms with Crippen molar-refractivity contribution in [3.05, 3.63) is 59.7 Å². The highest BCUT2D eigenvalue weighted by atomic mass is 32.2. The van der Waals surface area contributed by atoms with E-state index in [0.29, 0.717) is 37.2 Å². The Kier molecular flexibility index (Phi) is 7.29. The van der Waals surface area contributed by atoms with Crippen molar-refractivity contribution in [3.8, 4) is 5.75 Å². The Morgan fingerprint density at radius 2 is 1.81 bits per heavy atom. The van der Waals surface area contributed by atoms with Gasteiger partial charge in [-0.2, -0.15) is 0 Å². The molecule has 0 spiro atoms. The lowest BCUT2D eigenvalue weighted by Crippen LogP contribution is -2.43. The minimum atomic E-state index is -3.68. The van der Waals surface area contributed by atoms with Crippen molar-refractivity contribution < 1.29 is 22.7 Å². The van der Waals surface area contributed by atoms with Gasteiger partial charge >= 0.3 is 0 Å². The molecule has 3 rings (SSSR count). The number of primary amides is 1. The van der Waals surface area contributed by atoms with E-state index in [1.165, 1.54) is 12.1 Å². The van der Waals surface area contributed by atoms with Gasteiger partial charge in [-0.25, -0.2) is 13.1 Å². The van der Waals surface area contributed by atoms with Crippen molar-refractivity contribution >= 4 is 21.8 Å². The molecule has 0 aliphatic carbocycles. The molecule has 31 heavy (non-hydrogen) atoms. The molecule has 0 atom stereocenters. The third kappa shape index (κ3) is 6.05. The van der Waals surface area contributed by atoms with Crippen LogP contribution in [0.5, 0.6) is 5.75 Å². The number of carbonyl (C=O) groups excluding carboxylic acids is 2. The number of amides is 2. The second-order valence-corrected chi connectivity index (χ2v) is 9.35. The van der Waals surface area contributed by atoms with Crippen LogP contribution in [0.4, 0.5) is 0 Å². The normalized spacial score (nSPS) is 14.9. The molecule has 166 valence electrons. The number of aryl methyl sites for hydroxylation is 1. The molecule has 2 aromatic carbocycles. The van der Waals surface area contributed by atoms with E-state index in [1.54, 1.807) is 17.9 Å². The number of piperidine rings is 1. The van der Waals surface area contributed by atoms with Crippen LogP contribution in [0.1, 0.15) is 24.0 Å². The SMILES string of the molecule is Cc1cc(S(=O)(=O)NCc2ccccc2)ccc1OCC(=O)N1CCC(C(N)=O)CC1.